The van der Waals surface area contributed by atoms with E-state index >= 15 is 0 Å². The molecule has 19 heavy (non-hydrogen) atoms. The number of nitrogens with zero attached hydrogens (tertiary/aromatic N) is 2. The van der Waals surface area contributed by atoms with Gasteiger partial charge in [-0.25, -0.2) is 0 Å². The molecule has 98 valence electrons. The number of rotatable bonds is 2. The Kier molecular flexibility index (Phi) is 3.42. The molecule has 0 saturated carbocycles. The van der Waals surface area contributed by atoms with Gasteiger partial charge in [0, 0.05) is 32.4 Å². The van der Waals surface area contributed by atoms with E-state index in [1.54, 1.807) is 0 Å². The van der Waals surface area contributed by atoms with Gasteiger partial charge >= 0.3 is 0 Å². The molecule has 2 aliphatic heterocycles. The van der Waals surface area contributed by atoms with Gasteiger partial charge in [-0.05, 0) is 5.56 Å². The number of Topliss-reactive ketones (excluding diaryl/α,β-unsaturated/α-hetero) is 1. The molecule has 3 rings (SSSR count). The van der Waals surface area contributed by atoms with Gasteiger partial charge in [-0.2, -0.15) is 0 Å². The van der Waals surface area contributed by atoms with Gasteiger partial charge in [0.2, 0.25) is 0 Å². The Balaban J connectivity index is 2.04. The van der Waals surface area contributed by atoms with Crippen molar-refractivity contribution >= 4 is 17.6 Å². The minimum atomic E-state index is 0.113. The van der Waals surface area contributed by atoms with Crippen molar-refractivity contribution in [3.05, 3.63) is 41.6 Å². The predicted molar refractivity (Wildman–Crippen MR) is 76.2 cm³/mol. The summed E-state index contributed by atoms with van der Waals surface area (Å²) in [6.07, 6.45) is 1.86. The van der Waals surface area contributed by atoms with Crippen molar-refractivity contribution in [2.75, 3.05) is 32.7 Å². The molecule has 0 atom stereocenters. The molecule has 1 N–H and O–H groups in total. The van der Waals surface area contributed by atoms with Crippen molar-refractivity contribution < 1.29 is 4.79 Å². The van der Waals surface area contributed by atoms with Crippen LogP contribution in [-0.2, 0) is 4.79 Å². The summed E-state index contributed by atoms with van der Waals surface area (Å²) in [5.74, 6) is 0.113. The maximum atomic E-state index is 12.2. The number of carbonyl (C=O) groups excluding carboxylic acids is 1. The Morgan fingerprint density at radius 2 is 1.84 bits per heavy atom. The van der Waals surface area contributed by atoms with Crippen LogP contribution in [0.4, 0.5) is 0 Å². The fourth-order valence-electron chi connectivity index (χ4n) is 2.56. The van der Waals surface area contributed by atoms with E-state index in [0.717, 1.165) is 43.0 Å². The van der Waals surface area contributed by atoms with E-state index in [1.165, 1.54) is 0 Å². The first kappa shape index (κ1) is 12.1. The normalized spacial score (nSPS) is 20.0. The van der Waals surface area contributed by atoms with E-state index < -0.39 is 0 Å². The van der Waals surface area contributed by atoms with Crippen LogP contribution in [0.25, 0.3) is 5.57 Å². The molecule has 0 bridgehead atoms. The number of nitrogens with one attached hydrogen (secondary N) is 1. The third-order valence-electron chi connectivity index (χ3n) is 3.50. The summed E-state index contributed by atoms with van der Waals surface area (Å²) >= 11 is 0. The van der Waals surface area contributed by atoms with Gasteiger partial charge in [-0.15, -0.1) is 0 Å². The molecule has 0 spiro atoms. The summed E-state index contributed by atoms with van der Waals surface area (Å²) in [5, 5.41) is 3.33. The fourth-order valence-corrected chi connectivity index (χ4v) is 2.56. The number of dihydropyridines is 1. The van der Waals surface area contributed by atoms with Crippen LogP contribution in [0.15, 0.2) is 41.0 Å². The second-order valence-electron chi connectivity index (χ2n) is 4.76. The Morgan fingerprint density at radius 1 is 1.11 bits per heavy atom. The Morgan fingerprint density at radius 3 is 2.58 bits per heavy atom. The van der Waals surface area contributed by atoms with Gasteiger partial charge in [0.05, 0.1) is 11.3 Å². The molecule has 0 radical (unpaired) electrons. The van der Waals surface area contributed by atoms with Gasteiger partial charge in [-0.3, -0.25) is 9.79 Å². The zero-order chi connectivity index (χ0) is 13.1. The maximum Gasteiger partial charge on any atom is 0.186 e. The molecule has 1 aromatic rings. The largest absolute Gasteiger partial charge is 0.367 e. The molecule has 0 unspecified atom stereocenters. The summed E-state index contributed by atoms with van der Waals surface area (Å²) in [7, 11) is 0. The molecule has 2 aliphatic rings. The lowest BCUT2D eigenvalue weighted by Gasteiger charge is -2.32. The second-order valence-corrected chi connectivity index (χ2v) is 4.76. The lowest BCUT2D eigenvalue weighted by Crippen LogP contribution is -2.44. The van der Waals surface area contributed by atoms with Crippen LogP contribution in [0, 0.1) is 0 Å². The molecule has 1 fully saturated rings. The van der Waals surface area contributed by atoms with E-state index in [4.69, 9.17) is 0 Å². The molecular formula is C15H17N3O. The maximum absolute atomic E-state index is 12.2. The number of ketones is 1. The van der Waals surface area contributed by atoms with Gasteiger partial charge in [0.1, 0.15) is 6.54 Å². The third-order valence-corrected chi connectivity index (χ3v) is 3.50. The van der Waals surface area contributed by atoms with Crippen molar-refractivity contribution in [3.63, 3.8) is 0 Å². The minimum Gasteiger partial charge on any atom is -0.367 e. The standard InChI is InChI=1S/C15H17N3O/c19-14-11-17-10-13(18-8-6-16-7-9-18)15(14)12-4-2-1-3-5-12/h1-5,10,16H,6-9,11H2. The number of piperazine rings is 1. The van der Waals surface area contributed by atoms with Crippen LogP contribution < -0.4 is 5.32 Å². The van der Waals surface area contributed by atoms with E-state index in [1.807, 2.05) is 36.5 Å². The average Bonchev–Trinajstić information content (AvgIpc) is 2.49. The highest BCUT2D eigenvalue weighted by Gasteiger charge is 2.24. The molecule has 2 heterocycles. The van der Waals surface area contributed by atoms with Crippen LogP contribution in [0.1, 0.15) is 5.56 Å². The highest BCUT2D eigenvalue weighted by Crippen LogP contribution is 2.24. The van der Waals surface area contributed by atoms with Crippen LogP contribution in [0.5, 0.6) is 0 Å². The van der Waals surface area contributed by atoms with Gasteiger partial charge in [-0.1, -0.05) is 30.3 Å². The van der Waals surface area contributed by atoms with Crippen molar-refractivity contribution in [1.82, 2.24) is 10.2 Å². The monoisotopic (exact) mass is 255 g/mol. The Bertz CT molecular complexity index is 528. The van der Waals surface area contributed by atoms with E-state index in [0.29, 0.717) is 0 Å². The summed E-state index contributed by atoms with van der Waals surface area (Å²) in [5.41, 5.74) is 2.79. The first-order valence-electron chi connectivity index (χ1n) is 6.64. The number of hydrogen-bond donors (Lipinski definition) is 1. The Labute approximate surface area is 112 Å². The zero-order valence-corrected chi connectivity index (χ0v) is 10.8. The van der Waals surface area contributed by atoms with Crippen molar-refractivity contribution in [1.29, 1.82) is 0 Å². The van der Waals surface area contributed by atoms with Crippen LogP contribution in [0.3, 0.4) is 0 Å². The van der Waals surface area contributed by atoms with E-state index in [-0.39, 0.29) is 12.3 Å². The quantitative estimate of drug-likeness (QED) is 0.856. The number of benzene rings is 1. The minimum absolute atomic E-state index is 0.113. The van der Waals surface area contributed by atoms with Crippen LogP contribution >= 0.6 is 0 Å². The molecule has 0 amide bonds. The van der Waals surface area contributed by atoms with Crippen LogP contribution in [0.2, 0.25) is 0 Å². The molecule has 4 nitrogen and oxygen atoms in total. The highest BCUT2D eigenvalue weighted by molar-refractivity contribution is 6.27. The molecule has 0 aromatic heterocycles. The summed E-state index contributed by atoms with van der Waals surface area (Å²) in [4.78, 5) is 18.7. The molecule has 0 aliphatic carbocycles. The number of carbonyl (C=O) groups is 1. The van der Waals surface area contributed by atoms with E-state index in [2.05, 4.69) is 15.2 Å². The van der Waals surface area contributed by atoms with Crippen molar-refractivity contribution in [2.24, 2.45) is 4.99 Å². The molecule has 4 heteroatoms. The first-order chi connectivity index (χ1) is 9.36. The van der Waals surface area contributed by atoms with E-state index in [9.17, 15) is 4.79 Å². The predicted octanol–water partition coefficient (Wildman–Crippen LogP) is 0.956. The van der Waals surface area contributed by atoms with Gasteiger partial charge in [0.25, 0.3) is 0 Å². The smallest absolute Gasteiger partial charge is 0.186 e. The number of allylic oxidation sites excluding steroid dienone is 1. The summed E-state index contributed by atoms with van der Waals surface area (Å²) in [6, 6.07) is 9.90. The number of aliphatic imine (C=N–C) groups is 1. The molecule has 1 aromatic carbocycles. The third kappa shape index (κ3) is 2.44. The average molecular weight is 255 g/mol. The topological polar surface area (TPSA) is 44.7 Å². The lowest BCUT2D eigenvalue weighted by atomic mass is 9.97. The van der Waals surface area contributed by atoms with Crippen molar-refractivity contribution in [2.45, 2.75) is 0 Å². The van der Waals surface area contributed by atoms with Gasteiger partial charge in [0.15, 0.2) is 5.78 Å². The first-order valence-corrected chi connectivity index (χ1v) is 6.64. The number of hydrogen-bond acceptors (Lipinski definition) is 4. The zero-order valence-electron chi connectivity index (χ0n) is 10.8. The Hall–Kier alpha value is -1.94. The fraction of sp³-hybridized carbons (Fsp3) is 0.333. The lowest BCUT2D eigenvalue weighted by molar-refractivity contribution is -0.112. The second kappa shape index (κ2) is 5.36. The molecular weight excluding hydrogens is 238 g/mol. The summed E-state index contributed by atoms with van der Waals surface area (Å²) in [6.45, 7) is 4.01. The van der Waals surface area contributed by atoms with Crippen molar-refractivity contribution in [3.8, 4) is 0 Å². The van der Waals surface area contributed by atoms with Crippen LogP contribution in [-0.4, -0.2) is 49.6 Å². The SMILES string of the molecule is O=C1CN=CC(N2CCNCC2)=C1c1ccccc1. The summed E-state index contributed by atoms with van der Waals surface area (Å²) < 4.78 is 0. The van der Waals surface area contributed by atoms with Gasteiger partial charge < -0.3 is 10.2 Å². The highest BCUT2D eigenvalue weighted by atomic mass is 16.1. The molecule has 1 saturated heterocycles.